The van der Waals surface area contributed by atoms with Crippen LogP contribution in [0.4, 0.5) is 0 Å². The molecule has 2 heterocycles. The molecule has 204 valence electrons. The number of amides is 4. The van der Waals surface area contributed by atoms with E-state index < -0.39 is 11.9 Å². The third-order valence-corrected chi connectivity index (χ3v) is 6.83. The number of carbonyl (C=O) groups excluding carboxylic acids is 4. The monoisotopic (exact) mass is 515 g/mol. The Kier molecular flexibility index (Phi) is 11.2. The normalized spacial score (nSPS) is 22.7. The third-order valence-electron chi connectivity index (χ3n) is 6.83. The number of ether oxygens (including phenoxy) is 1. The summed E-state index contributed by atoms with van der Waals surface area (Å²) in [6.07, 6.45) is 3.90. The minimum Gasteiger partial charge on any atom is -0.491 e. The highest BCUT2D eigenvalue weighted by Crippen LogP contribution is 2.19. The number of hydrogen-bond acceptors (Lipinski definition) is 6. The van der Waals surface area contributed by atoms with E-state index in [0.29, 0.717) is 17.9 Å². The fourth-order valence-corrected chi connectivity index (χ4v) is 4.47. The molecule has 1 fully saturated rings. The number of rotatable bonds is 5. The van der Waals surface area contributed by atoms with E-state index >= 15 is 0 Å². The van der Waals surface area contributed by atoms with E-state index in [1.807, 2.05) is 13.8 Å². The Morgan fingerprint density at radius 1 is 1.05 bits per heavy atom. The first kappa shape index (κ1) is 28.4. The highest BCUT2D eigenvalue weighted by molar-refractivity contribution is 5.99. The lowest BCUT2D eigenvalue weighted by atomic mass is 10.0. The Labute approximate surface area is 219 Å². The molecular weight excluding hydrogens is 474 g/mol. The van der Waals surface area contributed by atoms with Crippen molar-refractivity contribution < 1.29 is 23.9 Å². The van der Waals surface area contributed by atoms with Crippen LogP contribution in [0.15, 0.2) is 24.3 Å². The van der Waals surface area contributed by atoms with Crippen LogP contribution in [-0.2, 0) is 14.4 Å². The molecule has 10 nitrogen and oxygen atoms in total. The lowest BCUT2D eigenvalue weighted by molar-refractivity contribution is -0.124. The number of fused-ring (bicyclic) bond motifs is 1. The molecule has 0 radical (unpaired) electrons. The van der Waals surface area contributed by atoms with Crippen molar-refractivity contribution in [2.45, 2.75) is 64.5 Å². The Bertz CT molecular complexity index is 932. The summed E-state index contributed by atoms with van der Waals surface area (Å²) in [4.78, 5) is 53.4. The van der Waals surface area contributed by atoms with Gasteiger partial charge in [-0.25, -0.2) is 0 Å². The standard InChI is InChI=1S/C27H41N5O5/c1-19(2)22-18-37-23-9-5-4-8-20(23)26(35)31-21(10-11-24(33)28-13-12-25(34)30-22)27(36)29-14-17-32-15-6-3-7-16-32/h4-5,8-9,19,21-22H,3,6-7,10-18H2,1-2H3,(H,28,33)(H,29,36)(H,30,34)(H,31,35)/t21-,22-/m0/s1. The molecule has 2 aliphatic rings. The van der Waals surface area contributed by atoms with Gasteiger partial charge in [0.25, 0.3) is 5.91 Å². The van der Waals surface area contributed by atoms with Crippen molar-refractivity contribution in [1.82, 2.24) is 26.2 Å². The molecule has 3 rings (SSSR count). The number of nitrogens with zero attached hydrogens (tertiary/aromatic N) is 1. The summed E-state index contributed by atoms with van der Waals surface area (Å²) in [6.45, 7) is 7.61. The molecule has 10 heteroatoms. The quantitative estimate of drug-likeness (QED) is 0.467. The predicted octanol–water partition coefficient (Wildman–Crippen LogP) is 1.21. The summed E-state index contributed by atoms with van der Waals surface area (Å²) in [5.74, 6) is -0.775. The number of carbonyl (C=O) groups is 4. The molecule has 0 unspecified atom stereocenters. The summed E-state index contributed by atoms with van der Waals surface area (Å²) < 4.78 is 5.97. The first-order valence-corrected chi connectivity index (χ1v) is 13.4. The molecule has 1 saturated heterocycles. The second kappa shape index (κ2) is 14.6. The number of para-hydroxylation sites is 1. The molecule has 1 aromatic carbocycles. The van der Waals surface area contributed by atoms with Gasteiger partial charge in [-0.2, -0.15) is 0 Å². The summed E-state index contributed by atoms with van der Waals surface area (Å²) >= 11 is 0. The van der Waals surface area contributed by atoms with Crippen molar-refractivity contribution in [3.8, 4) is 5.75 Å². The molecule has 0 bridgehead atoms. The smallest absolute Gasteiger partial charge is 0.255 e. The number of likely N-dealkylation sites (tertiary alicyclic amines) is 1. The van der Waals surface area contributed by atoms with Crippen LogP contribution in [0, 0.1) is 5.92 Å². The van der Waals surface area contributed by atoms with Crippen LogP contribution in [0.3, 0.4) is 0 Å². The van der Waals surface area contributed by atoms with Crippen LogP contribution < -0.4 is 26.0 Å². The van der Waals surface area contributed by atoms with Gasteiger partial charge in [-0.1, -0.05) is 32.4 Å². The minimum atomic E-state index is -0.882. The SMILES string of the molecule is CC(C)[C@@H]1COc2ccccc2C(=O)N[C@H](C(=O)NCCN2CCCCC2)CCC(=O)NCCC(=O)N1. The Morgan fingerprint density at radius 2 is 1.81 bits per heavy atom. The van der Waals surface area contributed by atoms with Crippen molar-refractivity contribution in [3.05, 3.63) is 29.8 Å². The molecule has 2 atom stereocenters. The van der Waals surface area contributed by atoms with Crippen molar-refractivity contribution >= 4 is 23.6 Å². The molecule has 4 N–H and O–H groups in total. The highest BCUT2D eigenvalue weighted by atomic mass is 16.5. The van der Waals surface area contributed by atoms with E-state index in [-0.39, 0.29) is 62.1 Å². The average Bonchev–Trinajstić information content (AvgIpc) is 2.88. The van der Waals surface area contributed by atoms with Gasteiger partial charge < -0.3 is 30.9 Å². The first-order chi connectivity index (χ1) is 17.8. The molecule has 0 aliphatic carbocycles. The Hall–Kier alpha value is -3.14. The van der Waals surface area contributed by atoms with E-state index in [4.69, 9.17) is 4.74 Å². The van der Waals surface area contributed by atoms with E-state index in [2.05, 4.69) is 26.2 Å². The van der Waals surface area contributed by atoms with Gasteiger partial charge >= 0.3 is 0 Å². The molecule has 37 heavy (non-hydrogen) atoms. The largest absolute Gasteiger partial charge is 0.491 e. The number of nitrogens with one attached hydrogen (secondary N) is 4. The van der Waals surface area contributed by atoms with Crippen molar-refractivity contribution in [2.75, 3.05) is 39.3 Å². The summed E-state index contributed by atoms with van der Waals surface area (Å²) in [6, 6.07) is 5.66. The van der Waals surface area contributed by atoms with E-state index in [9.17, 15) is 19.2 Å². The van der Waals surface area contributed by atoms with Crippen LogP contribution in [0.5, 0.6) is 5.75 Å². The zero-order valence-electron chi connectivity index (χ0n) is 22.0. The molecule has 2 aliphatic heterocycles. The predicted molar refractivity (Wildman–Crippen MR) is 140 cm³/mol. The molecule has 4 amide bonds. The van der Waals surface area contributed by atoms with Gasteiger partial charge in [0.15, 0.2) is 0 Å². The third kappa shape index (κ3) is 9.35. The van der Waals surface area contributed by atoms with Crippen LogP contribution >= 0.6 is 0 Å². The van der Waals surface area contributed by atoms with Crippen molar-refractivity contribution in [3.63, 3.8) is 0 Å². The van der Waals surface area contributed by atoms with Crippen LogP contribution in [0.2, 0.25) is 0 Å². The van der Waals surface area contributed by atoms with E-state index in [1.165, 1.54) is 19.3 Å². The molecule has 0 saturated carbocycles. The van der Waals surface area contributed by atoms with Gasteiger partial charge in [0.1, 0.15) is 18.4 Å². The lowest BCUT2D eigenvalue weighted by Gasteiger charge is -2.27. The van der Waals surface area contributed by atoms with Crippen LogP contribution in [0.25, 0.3) is 0 Å². The van der Waals surface area contributed by atoms with E-state index in [0.717, 1.165) is 19.6 Å². The highest BCUT2D eigenvalue weighted by Gasteiger charge is 2.25. The molecule has 0 aromatic heterocycles. The molecular formula is C27H41N5O5. The van der Waals surface area contributed by atoms with Gasteiger partial charge in [0.2, 0.25) is 17.7 Å². The molecule has 0 spiro atoms. The zero-order chi connectivity index (χ0) is 26.6. The van der Waals surface area contributed by atoms with Crippen molar-refractivity contribution in [1.29, 1.82) is 0 Å². The van der Waals surface area contributed by atoms with Crippen LogP contribution in [0.1, 0.15) is 62.7 Å². The second-order valence-corrected chi connectivity index (χ2v) is 10.1. The fourth-order valence-electron chi connectivity index (χ4n) is 4.47. The summed E-state index contributed by atoms with van der Waals surface area (Å²) in [7, 11) is 0. The zero-order valence-corrected chi connectivity index (χ0v) is 22.0. The topological polar surface area (TPSA) is 129 Å². The Morgan fingerprint density at radius 3 is 2.57 bits per heavy atom. The number of piperidine rings is 1. The number of benzene rings is 1. The van der Waals surface area contributed by atoms with Gasteiger partial charge in [-0.3, -0.25) is 19.2 Å². The first-order valence-electron chi connectivity index (χ1n) is 13.4. The lowest BCUT2D eigenvalue weighted by Crippen LogP contribution is -2.49. The Balaban J connectivity index is 1.72. The maximum Gasteiger partial charge on any atom is 0.255 e. The second-order valence-electron chi connectivity index (χ2n) is 10.1. The summed E-state index contributed by atoms with van der Waals surface area (Å²) in [5.41, 5.74) is 0.291. The maximum atomic E-state index is 13.2. The van der Waals surface area contributed by atoms with Gasteiger partial charge in [0, 0.05) is 32.5 Å². The maximum absolute atomic E-state index is 13.2. The van der Waals surface area contributed by atoms with Crippen molar-refractivity contribution in [2.24, 2.45) is 5.92 Å². The summed E-state index contributed by atoms with van der Waals surface area (Å²) in [5, 5.41) is 11.4. The molecule has 1 aromatic rings. The van der Waals surface area contributed by atoms with Gasteiger partial charge in [0.05, 0.1) is 11.6 Å². The van der Waals surface area contributed by atoms with Crippen LogP contribution in [-0.4, -0.2) is 79.9 Å². The van der Waals surface area contributed by atoms with E-state index in [1.54, 1.807) is 24.3 Å². The van der Waals surface area contributed by atoms with Gasteiger partial charge in [-0.05, 0) is 50.4 Å². The minimum absolute atomic E-state index is 0.0406. The average molecular weight is 516 g/mol. The fraction of sp³-hybridized carbons (Fsp3) is 0.630. The number of hydrogen-bond donors (Lipinski definition) is 4. The van der Waals surface area contributed by atoms with Gasteiger partial charge in [-0.15, -0.1) is 0 Å².